The van der Waals surface area contributed by atoms with Crippen molar-refractivity contribution in [1.29, 1.82) is 0 Å². The molecule has 0 aliphatic heterocycles. The first-order valence-corrected chi connectivity index (χ1v) is 8.45. The Morgan fingerprint density at radius 1 is 1.20 bits per heavy atom. The molecule has 0 aliphatic carbocycles. The number of nitrogens with two attached hydrogens (primary N) is 1. The largest absolute Gasteiger partial charge is 0.491 e. The Balaban J connectivity index is 1.88. The first kappa shape index (κ1) is 19.0. The lowest BCUT2D eigenvalue weighted by molar-refractivity contribution is -0.118. The minimum atomic E-state index is -0.655. The van der Waals surface area contributed by atoms with E-state index in [9.17, 15) is 9.90 Å². The Kier molecular flexibility index (Phi) is 7.44. The molecule has 0 spiro atoms. The lowest BCUT2D eigenvalue weighted by Crippen LogP contribution is -2.37. The first-order chi connectivity index (χ1) is 12.0. The van der Waals surface area contributed by atoms with Gasteiger partial charge in [0.1, 0.15) is 18.5 Å². The van der Waals surface area contributed by atoms with Crippen LogP contribution in [0.3, 0.4) is 0 Å². The lowest BCUT2D eigenvalue weighted by atomic mass is 10.2. The predicted molar refractivity (Wildman–Crippen MR) is 98.2 cm³/mol. The zero-order chi connectivity index (χ0) is 18.1. The van der Waals surface area contributed by atoms with Gasteiger partial charge < -0.3 is 15.6 Å². The minimum Gasteiger partial charge on any atom is -0.491 e. The summed E-state index contributed by atoms with van der Waals surface area (Å²) in [5.74, 6) is 0.398. The molecule has 0 aliphatic rings. The molecule has 5 nitrogen and oxygen atoms in total. The predicted octanol–water partition coefficient (Wildman–Crippen LogP) is 2.11. The van der Waals surface area contributed by atoms with Crippen molar-refractivity contribution in [3.63, 3.8) is 0 Å². The number of rotatable bonds is 10. The normalized spacial score (nSPS) is 12.1. The van der Waals surface area contributed by atoms with Crippen molar-refractivity contribution in [2.24, 2.45) is 5.73 Å². The van der Waals surface area contributed by atoms with Gasteiger partial charge in [-0.3, -0.25) is 9.69 Å². The van der Waals surface area contributed by atoms with Crippen LogP contribution in [-0.4, -0.2) is 41.7 Å². The standard InChI is InChI=1S/C20H26N2O3/c1-16-6-5-9-19(12-16)25-15-18(23)14-22(11-10-20(21)24)13-17-7-3-2-4-8-17/h2-9,12,18,23H,10-11,13-15H2,1H3,(H2,21,24)/t18-/m0/s1. The van der Waals surface area contributed by atoms with Crippen LogP contribution in [0.15, 0.2) is 54.6 Å². The molecule has 3 N–H and O–H groups in total. The minimum absolute atomic E-state index is 0.200. The number of aryl methyl sites for hydroxylation is 1. The van der Waals surface area contributed by atoms with Gasteiger partial charge in [0.05, 0.1) is 0 Å². The molecule has 2 aromatic rings. The monoisotopic (exact) mass is 342 g/mol. The van der Waals surface area contributed by atoms with Gasteiger partial charge in [0.25, 0.3) is 0 Å². The smallest absolute Gasteiger partial charge is 0.218 e. The highest BCUT2D eigenvalue weighted by molar-refractivity contribution is 5.73. The molecule has 1 atom stereocenters. The molecule has 1 amide bonds. The Hall–Kier alpha value is -2.37. The first-order valence-electron chi connectivity index (χ1n) is 8.45. The molecule has 25 heavy (non-hydrogen) atoms. The van der Waals surface area contributed by atoms with Crippen LogP contribution in [0.2, 0.25) is 0 Å². The van der Waals surface area contributed by atoms with Gasteiger partial charge >= 0.3 is 0 Å². The highest BCUT2D eigenvalue weighted by Crippen LogP contribution is 2.13. The summed E-state index contributed by atoms with van der Waals surface area (Å²) in [6.45, 7) is 3.76. The van der Waals surface area contributed by atoms with Crippen molar-refractivity contribution in [3.8, 4) is 5.75 Å². The van der Waals surface area contributed by atoms with Gasteiger partial charge in [-0.05, 0) is 30.2 Å². The summed E-state index contributed by atoms with van der Waals surface area (Å²) < 4.78 is 5.66. The highest BCUT2D eigenvalue weighted by Gasteiger charge is 2.14. The van der Waals surface area contributed by atoms with Crippen molar-refractivity contribution in [2.45, 2.75) is 26.0 Å². The number of hydrogen-bond acceptors (Lipinski definition) is 4. The number of hydrogen-bond donors (Lipinski definition) is 2. The Morgan fingerprint density at radius 3 is 2.64 bits per heavy atom. The topological polar surface area (TPSA) is 75.8 Å². The molecule has 0 fully saturated rings. The fraction of sp³-hybridized carbons (Fsp3) is 0.350. The van der Waals surface area contributed by atoms with E-state index in [2.05, 4.69) is 0 Å². The maximum absolute atomic E-state index is 11.1. The molecule has 2 rings (SSSR count). The third-order valence-electron chi connectivity index (χ3n) is 3.82. The summed E-state index contributed by atoms with van der Waals surface area (Å²) in [6, 6.07) is 17.7. The average Bonchev–Trinajstić information content (AvgIpc) is 2.59. The molecule has 0 heterocycles. The van der Waals surface area contributed by atoms with Crippen molar-refractivity contribution in [3.05, 3.63) is 65.7 Å². The molecule has 134 valence electrons. The fourth-order valence-corrected chi connectivity index (χ4v) is 2.59. The number of nitrogens with zero attached hydrogens (tertiary/aromatic N) is 1. The van der Waals surface area contributed by atoms with Crippen molar-refractivity contribution in [2.75, 3.05) is 19.7 Å². The number of ether oxygens (including phenoxy) is 1. The quantitative estimate of drug-likeness (QED) is 0.693. The van der Waals surface area contributed by atoms with Gasteiger partial charge in [-0.25, -0.2) is 0 Å². The maximum Gasteiger partial charge on any atom is 0.218 e. The Bertz CT molecular complexity index is 661. The number of carbonyl (C=O) groups is 1. The Labute approximate surface area is 149 Å². The second kappa shape index (κ2) is 9.81. The van der Waals surface area contributed by atoms with E-state index in [1.54, 1.807) is 0 Å². The van der Waals surface area contributed by atoms with E-state index < -0.39 is 6.10 Å². The molecule has 0 saturated heterocycles. The second-order valence-electron chi connectivity index (χ2n) is 6.22. The van der Waals surface area contributed by atoms with Crippen LogP contribution < -0.4 is 10.5 Å². The van der Waals surface area contributed by atoms with Gasteiger partial charge in [-0.15, -0.1) is 0 Å². The lowest BCUT2D eigenvalue weighted by Gasteiger charge is -2.25. The van der Waals surface area contributed by atoms with Gasteiger partial charge in [-0.2, -0.15) is 0 Å². The molecule has 0 saturated carbocycles. The summed E-state index contributed by atoms with van der Waals surface area (Å²) in [5.41, 5.74) is 7.50. The van der Waals surface area contributed by atoms with Crippen molar-refractivity contribution >= 4 is 5.91 Å². The summed E-state index contributed by atoms with van der Waals surface area (Å²) in [7, 11) is 0. The average molecular weight is 342 g/mol. The summed E-state index contributed by atoms with van der Waals surface area (Å²) in [4.78, 5) is 13.1. The van der Waals surface area contributed by atoms with Crippen LogP contribution in [0.4, 0.5) is 0 Å². The summed E-state index contributed by atoms with van der Waals surface area (Å²) in [6.07, 6.45) is -0.393. The zero-order valence-corrected chi connectivity index (χ0v) is 14.6. The van der Waals surface area contributed by atoms with Crippen LogP contribution in [0.1, 0.15) is 17.5 Å². The Morgan fingerprint density at radius 2 is 1.96 bits per heavy atom. The van der Waals surface area contributed by atoms with Crippen LogP contribution >= 0.6 is 0 Å². The number of aliphatic hydroxyl groups is 1. The molecule has 2 aromatic carbocycles. The number of primary amides is 1. The molecule has 0 aromatic heterocycles. The van der Waals surface area contributed by atoms with E-state index in [0.717, 1.165) is 16.9 Å². The van der Waals surface area contributed by atoms with Crippen molar-refractivity contribution in [1.82, 2.24) is 4.90 Å². The number of benzene rings is 2. The third kappa shape index (κ3) is 7.37. The molecular formula is C20H26N2O3. The number of carbonyl (C=O) groups excluding carboxylic acids is 1. The highest BCUT2D eigenvalue weighted by atomic mass is 16.5. The number of amides is 1. The third-order valence-corrected chi connectivity index (χ3v) is 3.82. The van der Waals surface area contributed by atoms with Crippen LogP contribution in [0.5, 0.6) is 5.75 Å². The zero-order valence-electron chi connectivity index (χ0n) is 14.6. The van der Waals surface area contributed by atoms with E-state index in [1.165, 1.54) is 0 Å². The SMILES string of the molecule is Cc1cccc(OC[C@@H](O)CN(CCC(N)=O)Cc2ccccc2)c1. The van der Waals surface area contributed by atoms with E-state index in [4.69, 9.17) is 10.5 Å². The van der Waals surface area contributed by atoms with E-state index in [-0.39, 0.29) is 18.9 Å². The molecule has 0 radical (unpaired) electrons. The van der Waals surface area contributed by atoms with Crippen LogP contribution in [-0.2, 0) is 11.3 Å². The molecular weight excluding hydrogens is 316 g/mol. The van der Waals surface area contributed by atoms with Crippen LogP contribution in [0, 0.1) is 6.92 Å². The molecule has 0 bridgehead atoms. The van der Waals surface area contributed by atoms with Gasteiger partial charge in [-0.1, -0.05) is 42.5 Å². The van der Waals surface area contributed by atoms with Gasteiger partial charge in [0, 0.05) is 26.1 Å². The van der Waals surface area contributed by atoms with Crippen molar-refractivity contribution < 1.29 is 14.6 Å². The fourth-order valence-electron chi connectivity index (χ4n) is 2.59. The van der Waals surface area contributed by atoms with E-state index in [0.29, 0.717) is 19.6 Å². The summed E-state index contributed by atoms with van der Waals surface area (Å²) in [5, 5.41) is 10.3. The second-order valence-corrected chi connectivity index (χ2v) is 6.22. The van der Waals surface area contributed by atoms with E-state index >= 15 is 0 Å². The van der Waals surface area contributed by atoms with Gasteiger partial charge in [0.15, 0.2) is 0 Å². The molecule has 5 heteroatoms. The summed E-state index contributed by atoms with van der Waals surface area (Å²) >= 11 is 0. The van der Waals surface area contributed by atoms with E-state index in [1.807, 2.05) is 66.4 Å². The maximum atomic E-state index is 11.1. The molecule has 0 unspecified atom stereocenters. The van der Waals surface area contributed by atoms with Crippen LogP contribution in [0.25, 0.3) is 0 Å². The van der Waals surface area contributed by atoms with Gasteiger partial charge in [0.2, 0.25) is 5.91 Å². The number of aliphatic hydroxyl groups excluding tert-OH is 1.